The number of hydrogen-bond donors (Lipinski definition) is 4. The Morgan fingerprint density at radius 1 is 0.645 bits per heavy atom. The van der Waals surface area contributed by atoms with Gasteiger partial charge >= 0.3 is 5.97 Å². The second-order valence-electron chi connectivity index (χ2n) is 8.59. The third-order valence-electron chi connectivity index (χ3n) is 5.62. The van der Waals surface area contributed by atoms with Crippen LogP contribution in [0.25, 0.3) is 0 Å². The lowest BCUT2D eigenvalue weighted by Gasteiger charge is -2.13. The number of carboxylic acid groups (broad SMARTS) is 1. The van der Waals surface area contributed by atoms with E-state index in [1.807, 2.05) is 0 Å². The maximum atomic E-state index is 11.9. The van der Waals surface area contributed by atoms with E-state index in [2.05, 4.69) is 5.32 Å². The molecule has 0 spiro atoms. The van der Waals surface area contributed by atoms with Crippen LogP contribution in [-0.2, 0) is 14.4 Å². The van der Waals surface area contributed by atoms with Crippen molar-refractivity contribution in [2.45, 2.75) is 128 Å². The number of carboxylic acids is 1. The number of amides is 2. The van der Waals surface area contributed by atoms with Crippen LogP contribution in [0.4, 0.5) is 0 Å². The minimum Gasteiger partial charge on any atom is -0.480 e. The standard InChI is InChI=1S/C24H46N2O5/c25-22(28)19-18-21(24(30)31)26-23(29)17-15-13-11-9-7-5-3-1-2-4-6-8-10-12-14-16-20-27/h21,27H,1-20H2,(H2,25,28)(H,26,29)(H,30,31)/t21-/m0/s1. The third-order valence-corrected chi connectivity index (χ3v) is 5.62. The first-order chi connectivity index (χ1) is 15.0. The number of carbonyl (C=O) groups excluding carboxylic acids is 2. The first kappa shape index (κ1) is 29.4. The van der Waals surface area contributed by atoms with E-state index in [0.717, 1.165) is 32.1 Å². The molecule has 0 saturated carbocycles. The Bertz CT molecular complexity index is 471. The van der Waals surface area contributed by atoms with Crippen molar-refractivity contribution in [2.75, 3.05) is 6.61 Å². The lowest BCUT2D eigenvalue weighted by atomic mass is 10.0. The molecule has 5 N–H and O–H groups in total. The number of aliphatic hydroxyl groups excluding tert-OH is 1. The molecule has 0 bridgehead atoms. The predicted molar refractivity (Wildman–Crippen MR) is 124 cm³/mol. The topological polar surface area (TPSA) is 130 Å². The van der Waals surface area contributed by atoms with Crippen LogP contribution >= 0.6 is 0 Å². The zero-order valence-corrected chi connectivity index (χ0v) is 19.4. The molecule has 7 nitrogen and oxygen atoms in total. The quantitative estimate of drug-likeness (QED) is 0.174. The van der Waals surface area contributed by atoms with E-state index in [4.69, 9.17) is 15.9 Å². The number of hydrogen-bond acceptors (Lipinski definition) is 4. The molecule has 0 aliphatic rings. The summed E-state index contributed by atoms with van der Waals surface area (Å²) in [6.45, 7) is 0.326. The van der Waals surface area contributed by atoms with Crippen LogP contribution in [0.2, 0.25) is 0 Å². The predicted octanol–water partition coefficient (Wildman–Crippen LogP) is 4.45. The summed E-state index contributed by atoms with van der Waals surface area (Å²) in [7, 11) is 0. The zero-order valence-electron chi connectivity index (χ0n) is 19.4. The van der Waals surface area contributed by atoms with Gasteiger partial charge in [-0.2, -0.15) is 0 Å². The molecule has 31 heavy (non-hydrogen) atoms. The number of nitrogens with one attached hydrogen (secondary N) is 1. The molecule has 0 heterocycles. The Balaban J connectivity index is 3.41. The van der Waals surface area contributed by atoms with Crippen molar-refractivity contribution in [3.05, 3.63) is 0 Å². The van der Waals surface area contributed by atoms with Crippen molar-refractivity contribution >= 4 is 17.8 Å². The van der Waals surface area contributed by atoms with E-state index in [0.29, 0.717) is 13.0 Å². The van der Waals surface area contributed by atoms with E-state index < -0.39 is 17.9 Å². The van der Waals surface area contributed by atoms with Crippen LogP contribution in [0.1, 0.15) is 122 Å². The van der Waals surface area contributed by atoms with Crippen molar-refractivity contribution in [3.63, 3.8) is 0 Å². The van der Waals surface area contributed by atoms with E-state index in [-0.39, 0.29) is 18.7 Å². The fraction of sp³-hybridized carbons (Fsp3) is 0.875. The summed E-state index contributed by atoms with van der Waals surface area (Å²) in [6.07, 6.45) is 19.5. The normalized spacial score (nSPS) is 11.9. The summed E-state index contributed by atoms with van der Waals surface area (Å²) in [5.41, 5.74) is 5.03. The van der Waals surface area contributed by atoms with Gasteiger partial charge in [0.05, 0.1) is 0 Å². The summed E-state index contributed by atoms with van der Waals surface area (Å²) < 4.78 is 0. The van der Waals surface area contributed by atoms with E-state index in [9.17, 15) is 14.4 Å². The highest BCUT2D eigenvalue weighted by molar-refractivity contribution is 5.84. The maximum absolute atomic E-state index is 11.9. The van der Waals surface area contributed by atoms with E-state index >= 15 is 0 Å². The van der Waals surface area contributed by atoms with Crippen molar-refractivity contribution in [1.29, 1.82) is 0 Å². The summed E-state index contributed by atoms with van der Waals surface area (Å²) in [6, 6.07) is -1.04. The molecule has 182 valence electrons. The SMILES string of the molecule is NC(=O)CC[C@H](NC(=O)CCCCCCCCCCCCCCCCCCO)C(=O)O. The molecule has 0 aromatic rings. The highest BCUT2D eigenvalue weighted by atomic mass is 16.4. The van der Waals surface area contributed by atoms with Gasteiger partial charge in [-0.3, -0.25) is 9.59 Å². The van der Waals surface area contributed by atoms with Crippen LogP contribution in [0.5, 0.6) is 0 Å². The van der Waals surface area contributed by atoms with Crippen LogP contribution in [0.3, 0.4) is 0 Å². The molecule has 0 saturated heterocycles. The maximum Gasteiger partial charge on any atom is 0.326 e. The fourth-order valence-corrected chi connectivity index (χ4v) is 3.68. The van der Waals surface area contributed by atoms with Gasteiger partial charge in [-0.15, -0.1) is 0 Å². The minimum atomic E-state index is -1.14. The van der Waals surface area contributed by atoms with Crippen LogP contribution < -0.4 is 11.1 Å². The first-order valence-electron chi connectivity index (χ1n) is 12.4. The summed E-state index contributed by atoms with van der Waals surface area (Å²) >= 11 is 0. The Labute approximate surface area is 188 Å². The number of aliphatic hydroxyl groups is 1. The van der Waals surface area contributed by atoms with Crippen LogP contribution in [0, 0.1) is 0 Å². The first-order valence-corrected chi connectivity index (χ1v) is 12.4. The molecule has 1 atom stereocenters. The second kappa shape index (κ2) is 21.6. The molecule has 0 aliphatic heterocycles. The number of aliphatic carboxylic acids is 1. The minimum absolute atomic E-state index is 0.0296. The molecule has 0 rings (SSSR count). The van der Waals surface area contributed by atoms with Crippen LogP contribution in [-0.4, -0.2) is 40.6 Å². The van der Waals surface area contributed by atoms with E-state index in [1.165, 1.54) is 70.6 Å². The van der Waals surface area contributed by atoms with Gasteiger partial charge in [-0.25, -0.2) is 4.79 Å². The van der Waals surface area contributed by atoms with Gasteiger partial charge in [-0.1, -0.05) is 89.9 Å². The van der Waals surface area contributed by atoms with Gasteiger partial charge in [0.15, 0.2) is 0 Å². The van der Waals surface area contributed by atoms with E-state index in [1.54, 1.807) is 0 Å². The molecule has 0 aromatic carbocycles. The monoisotopic (exact) mass is 442 g/mol. The highest BCUT2D eigenvalue weighted by Crippen LogP contribution is 2.14. The molecule has 7 heteroatoms. The Hall–Kier alpha value is -1.63. The van der Waals surface area contributed by atoms with Gasteiger partial charge in [0.25, 0.3) is 0 Å². The molecule has 2 amide bonds. The van der Waals surface area contributed by atoms with Gasteiger partial charge < -0.3 is 21.3 Å². The third kappa shape index (κ3) is 21.4. The molecular weight excluding hydrogens is 396 g/mol. The molecule has 0 fully saturated rings. The molecule has 0 aromatic heterocycles. The van der Waals surface area contributed by atoms with Crippen LogP contribution in [0.15, 0.2) is 0 Å². The highest BCUT2D eigenvalue weighted by Gasteiger charge is 2.20. The number of rotatable bonds is 23. The van der Waals surface area contributed by atoms with Gasteiger partial charge in [0, 0.05) is 19.4 Å². The average molecular weight is 443 g/mol. The average Bonchev–Trinajstić information content (AvgIpc) is 2.73. The molecule has 0 aliphatic carbocycles. The molecule has 0 unspecified atom stereocenters. The lowest BCUT2D eigenvalue weighted by Crippen LogP contribution is -2.41. The zero-order chi connectivity index (χ0) is 23.2. The Morgan fingerprint density at radius 2 is 1.03 bits per heavy atom. The Morgan fingerprint density at radius 3 is 1.39 bits per heavy atom. The number of carbonyl (C=O) groups is 3. The molecule has 0 radical (unpaired) electrons. The fourth-order valence-electron chi connectivity index (χ4n) is 3.68. The van der Waals surface area contributed by atoms with Gasteiger partial charge in [0.1, 0.15) is 6.04 Å². The number of nitrogens with two attached hydrogens (primary N) is 1. The number of unbranched alkanes of at least 4 members (excludes halogenated alkanes) is 15. The van der Waals surface area contributed by atoms with Crippen molar-refractivity contribution < 1.29 is 24.6 Å². The van der Waals surface area contributed by atoms with Crippen molar-refractivity contribution in [1.82, 2.24) is 5.32 Å². The summed E-state index contributed by atoms with van der Waals surface area (Å²) in [5, 5.41) is 20.3. The summed E-state index contributed by atoms with van der Waals surface area (Å²) in [5.74, 6) is -1.98. The van der Waals surface area contributed by atoms with Gasteiger partial charge in [-0.05, 0) is 19.3 Å². The smallest absolute Gasteiger partial charge is 0.326 e. The lowest BCUT2D eigenvalue weighted by molar-refractivity contribution is -0.142. The van der Waals surface area contributed by atoms with Crippen molar-refractivity contribution in [3.8, 4) is 0 Å². The molecular formula is C24H46N2O5. The second-order valence-corrected chi connectivity index (χ2v) is 8.59. The Kier molecular flexibility index (Phi) is 20.5. The van der Waals surface area contributed by atoms with Crippen molar-refractivity contribution in [2.24, 2.45) is 5.73 Å². The summed E-state index contributed by atoms with van der Waals surface area (Å²) in [4.78, 5) is 33.7. The number of primary amides is 1. The van der Waals surface area contributed by atoms with Gasteiger partial charge in [0.2, 0.25) is 11.8 Å². The largest absolute Gasteiger partial charge is 0.480 e.